The van der Waals surface area contributed by atoms with Crippen LogP contribution in [0.15, 0.2) is 53.0 Å². The van der Waals surface area contributed by atoms with Gasteiger partial charge in [-0.25, -0.2) is 0 Å². The Balaban J connectivity index is 1.73. The van der Waals surface area contributed by atoms with Crippen LogP contribution in [0.3, 0.4) is 0 Å². The second kappa shape index (κ2) is 10.2. The number of carbonyl (C=O) groups is 3. The van der Waals surface area contributed by atoms with Crippen molar-refractivity contribution < 1.29 is 14.4 Å². The number of nitriles is 1. The van der Waals surface area contributed by atoms with Crippen molar-refractivity contribution in [1.29, 1.82) is 5.26 Å². The number of benzene rings is 2. The number of amides is 3. The van der Waals surface area contributed by atoms with Crippen molar-refractivity contribution >= 4 is 39.3 Å². The molecule has 0 heterocycles. The zero-order chi connectivity index (χ0) is 20.5. The SMILES string of the molecule is CC(CC(=O)NNC(=O)c1ccc(Br)cc1)CC(=O)Nc1ccc(C#N)cc1. The van der Waals surface area contributed by atoms with Gasteiger partial charge in [0.1, 0.15) is 0 Å². The first kappa shape index (κ1) is 21.1. The first-order valence-corrected chi connectivity index (χ1v) is 9.31. The van der Waals surface area contributed by atoms with Crippen LogP contribution in [0.1, 0.15) is 35.7 Å². The highest BCUT2D eigenvalue weighted by Gasteiger charge is 2.14. The van der Waals surface area contributed by atoms with Crippen LogP contribution in [-0.4, -0.2) is 17.7 Å². The lowest BCUT2D eigenvalue weighted by molar-refractivity contribution is -0.123. The molecule has 0 spiro atoms. The molecule has 3 N–H and O–H groups in total. The van der Waals surface area contributed by atoms with Gasteiger partial charge < -0.3 is 5.32 Å². The molecule has 0 bridgehead atoms. The number of nitrogens with one attached hydrogen (secondary N) is 3. The van der Waals surface area contributed by atoms with E-state index in [1.165, 1.54) is 0 Å². The van der Waals surface area contributed by atoms with Crippen molar-refractivity contribution in [3.63, 3.8) is 0 Å². The fraction of sp³-hybridized carbons (Fsp3) is 0.200. The Morgan fingerprint density at radius 1 is 0.964 bits per heavy atom. The molecule has 7 nitrogen and oxygen atoms in total. The van der Waals surface area contributed by atoms with Gasteiger partial charge in [-0.1, -0.05) is 22.9 Å². The first-order valence-electron chi connectivity index (χ1n) is 8.52. The molecule has 0 fully saturated rings. The van der Waals surface area contributed by atoms with Gasteiger partial charge in [-0.15, -0.1) is 0 Å². The minimum atomic E-state index is -0.424. The van der Waals surface area contributed by atoms with Crippen LogP contribution in [0, 0.1) is 17.2 Å². The topological polar surface area (TPSA) is 111 Å². The number of halogens is 1. The van der Waals surface area contributed by atoms with Crippen LogP contribution in [0.2, 0.25) is 0 Å². The summed E-state index contributed by atoms with van der Waals surface area (Å²) < 4.78 is 0.848. The molecule has 2 aromatic carbocycles. The molecule has 3 amide bonds. The molecule has 0 aliphatic rings. The van der Waals surface area contributed by atoms with Gasteiger partial charge in [0.05, 0.1) is 11.6 Å². The van der Waals surface area contributed by atoms with Crippen molar-refractivity contribution in [2.75, 3.05) is 5.32 Å². The third-order valence-electron chi connectivity index (χ3n) is 3.79. The average molecular weight is 443 g/mol. The fourth-order valence-electron chi connectivity index (χ4n) is 2.40. The van der Waals surface area contributed by atoms with E-state index in [0.717, 1.165) is 4.47 Å². The largest absolute Gasteiger partial charge is 0.326 e. The van der Waals surface area contributed by atoms with E-state index in [1.54, 1.807) is 55.5 Å². The van der Waals surface area contributed by atoms with E-state index in [2.05, 4.69) is 32.1 Å². The Labute approximate surface area is 171 Å². The molecule has 2 rings (SSSR count). The van der Waals surface area contributed by atoms with E-state index >= 15 is 0 Å². The molecule has 0 aromatic heterocycles. The molecule has 1 atom stereocenters. The number of hydrogen-bond acceptors (Lipinski definition) is 4. The van der Waals surface area contributed by atoms with Gasteiger partial charge in [0.2, 0.25) is 11.8 Å². The number of carbonyl (C=O) groups excluding carboxylic acids is 3. The number of rotatable bonds is 6. The number of hydrazine groups is 1. The van der Waals surface area contributed by atoms with Gasteiger partial charge in [0, 0.05) is 28.6 Å². The molecule has 8 heteroatoms. The Kier molecular flexibility index (Phi) is 7.72. The molecule has 0 aliphatic carbocycles. The van der Waals surface area contributed by atoms with E-state index < -0.39 is 5.91 Å². The maximum atomic E-state index is 12.1. The average Bonchev–Trinajstić information content (AvgIpc) is 2.67. The predicted molar refractivity (Wildman–Crippen MR) is 108 cm³/mol. The minimum absolute atomic E-state index is 0.0847. The van der Waals surface area contributed by atoms with Crippen LogP contribution in [0.25, 0.3) is 0 Å². The Bertz CT molecular complexity index is 889. The van der Waals surface area contributed by atoms with E-state index in [-0.39, 0.29) is 30.6 Å². The summed E-state index contributed by atoms with van der Waals surface area (Å²) in [7, 11) is 0. The van der Waals surface area contributed by atoms with Gasteiger partial charge in [-0.05, 0) is 54.4 Å². The lowest BCUT2D eigenvalue weighted by atomic mass is 10.0. The summed E-state index contributed by atoms with van der Waals surface area (Å²) in [6, 6.07) is 15.2. The summed E-state index contributed by atoms with van der Waals surface area (Å²) >= 11 is 3.28. The van der Waals surface area contributed by atoms with Crippen LogP contribution >= 0.6 is 15.9 Å². The minimum Gasteiger partial charge on any atom is -0.326 e. The molecular weight excluding hydrogens is 424 g/mol. The highest BCUT2D eigenvalue weighted by atomic mass is 79.9. The Hall–Kier alpha value is -3.18. The number of nitrogens with zero attached hydrogens (tertiary/aromatic N) is 1. The molecule has 0 radical (unpaired) electrons. The van der Waals surface area contributed by atoms with Crippen molar-refractivity contribution in [3.05, 3.63) is 64.1 Å². The Morgan fingerprint density at radius 3 is 2.18 bits per heavy atom. The van der Waals surface area contributed by atoms with Crippen LogP contribution < -0.4 is 16.2 Å². The second-order valence-electron chi connectivity index (χ2n) is 6.26. The summed E-state index contributed by atoms with van der Waals surface area (Å²) in [4.78, 5) is 36.0. The van der Waals surface area contributed by atoms with Gasteiger partial charge >= 0.3 is 0 Å². The van der Waals surface area contributed by atoms with Crippen molar-refractivity contribution in [2.45, 2.75) is 19.8 Å². The highest BCUT2D eigenvalue weighted by molar-refractivity contribution is 9.10. The normalized spacial score (nSPS) is 11.0. The maximum absolute atomic E-state index is 12.1. The van der Waals surface area contributed by atoms with Crippen molar-refractivity contribution in [2.24, 2.45) is 5.92 Å². The first-order chi connectivity index (χ1) is 13.4. The summed E-state index contributed by atoms with van der Waals surface area (Å²) in [5.41, 5.74) is 6.20. The zero-order valence-electron chi connectivity index (χ0n) is 15.2. The van der Waals surface area contributed by atoms with E-state index in [4.69, 9.17) is 5.26 Å². The fourth-order valence-corrected chi connectivity index (χ4v) is 2.66. The third-order valence-corrected chi connectivity index (χ3v) is 4.32. The molecule has 0 aliphatic heterocycles. The van der Waals surface area contributed by atoms with Crippen molar-refractivity contribution in [1.82, 2.24) is 10.9 Å². The van der Waals surface area contributed by atoms with E-state index in [1.807, 2.05) is 6.07 Å². The third kappa shape index (κ3) is 6.85. The molecule has 0 saturated heterocycles. The second-order valence-corrected chi connectivity index (χ2v) is 7.18. The summed E-state index contributed by atoms with van der Waals surface area (Å²) in [6.45, 7) is 1.77. The van der Waals surface area contributed by atoms with Crippen molar-refractivity contribution in [3.8, 4) is 6.07 Å². The molecule has 2 aromatic rings. The standard InChI is InChI=1S/C20H19BrN4O3/c1-13(10-18(26)23-17-8-2-14(12-22)3-9-17)11-19(27)24-25-20(28)15-4-6-16(21)7-5-15/h2-9,13H,10-11H2,1H3,(H,23,26)(H,24,27)(H,25,28). The summed E-state index contributed by atoms with van der Waals surface area (Å²) in [6.07, 6.45) is 0.232. The molecular formula is C20H19BrN4O3. The number of hydrogen-bond donors (Lipinski definition) is 3. The molecule has 1 unspecified atom stereocenters. The van der Waals surface area contributed by atoms with Crippen LogP contribution in [0.4, 0.5) is 5.69 Å². The monoisotopic (exact) mass is 442 g/mol. The van der Waals surface area contributed by atoms with Gasteiger partial charge in [0.15, 0.2) is 0 Å². The molecule has 144 valence electrons. The summed E-state index contributed by atoms with van der Waals surface area (Å²) in [5, 5.41) is 11.5. The quantitative estimate of drug-likeness (QED) is 0.596. The van der Waals surface area contributed by atoms with Crippen LogP contribution in [-0.2, 0) is 9.59 Å². The number of anilines is 1. The smallest absolute Gasteiger partial charge is 0.269 e. The van der Waals surface area contributed by atoms with Gasteiger partial charge in [-0.2, -0.15) is 5.26 Å². The maximum Gasteiger partial charge on any atom is 0.269 e. The van der Waals surface area contributed by atoms with E-state index in [0.29, 0.717) is 16.8 Å². The molecule has 28 heavy (non-hydrogen) atoms. The van der Waals surface area contributed by atoms with Gasteiger partial charge in [0.25, 0.3) is 5.91 Å². The lowest BCUT2D eigenvalue weighted by Crippen LogP contribution is -2.42. The van der Waals surface area contributed by atoms with Crippen LogP contribution in [0.5, 0.6) is 0 Å². The van der Waals surface area contributed by atoms with Gasteiger partial charge in [-0.3, -0.25) is 25.2 Å². The summed E-state index contributed by atoms with van der Waals surface area (Å²) in [5.74, 6) is -1.26. The zero-order valence-corrected chi connectivity index (χ0v) is 16.7. The van der Waals surface area contributed by atoms with E-state index in [9.17, 15) is 14.4 Å². The lowest BCUT2D eigenvalue weighted by Gasteiger charge is -2.12. The molecule has 0 saturated carbocycles. The Morgan fingerprint density at radius 2 is 1.57 bits per heavy atom. The predicted octanol–water partition coefficient (Wildman–Crippen LogP) is 3.14. The highest BCUT2D eigenvalue weighted by Crippen LogP contribution is 2.13.